The van der Waals surface area contributed by atoms with Gasteiger partial charge in [0.25, 0.3) is 0 Å². The number of hydrogen-bond acceptors (Lipinski definition) is 10. The fourth-order valence-electron chi connectivity index (χ4n) is 3.38. The molecule has 0 bridgehead atoms. The molecule has 0 spiro atoms. The molecule has 15 heteroatoms. The summed E-state index contributed by atoms with van der Waals surface area (Å²) in [7, 11) is 0. The Morgan fingerprint density at radius 3 is 2.60 bits per heavy atom. The quantitative estimate of drug-likeness (QED) is 0.139. The number of nitrogens with zero attached hydrogens (tertiary/aromatic N) is 2. The second-order valence-corrected chi connectivity index (χ2v) is 11.4. The monoisotopic (exact) mass is 634 g/mol. The highest BCUT2D eigenvalue weighted by molar-refractivity contribution is 9.10. The highest BCUT2D eigenvalue weighted by atomic mass is 79.9. The van der Waals surface area contributed by atoms with Crippen LogP contribution >= 0.6 is 27.7 Å². The van der Waals surface area contributed by atoms with Gasteiger partial charge in [-0.25, -0.2) is 4.98 Å². The molecule has 2 aromatic rings. The van der Waals surface area contributed by atoms with Gasteiger partial charge in [0.15, 0.2) is 5.12 Å². The first-order chi connectivity index (χ1) is 19.0. The summed E-state index contributed by atoms with van der Waals surface area (Å²) >= 11 is 4.54. The molecule has 1 fully saturated rings. The molecule has 7 N–H and O–H groups in total. The number of aromatic nitrogens is 2. The molecule has 4 amide bonds. The van der Waals surface area contributed by atoms with Crippen molar-refractivity contribution in [3.05, 3.63) is 34.9 Å². The van der Waals surface area contributed by atoms with Gasteiger partial charge in [0.05, 0.1) is 16.9 Å². The van der Waals surface area contributed by atoms with Gasteiger partial charge in [0.1, 0.15) is 11.2 Å². The van der Waals surface area contributed by atoms with E-state index in [-0.39, 0.29) is 24.0 Å². The predicted molar refractivity (Wildman–Crippen MR) is 156 cm³/mol. The maximum Gasteiger partial charge on any atom is 0.243 e. The van der Waals surface area contributed by atoms with E-state index in [2.05, 4.69) is 52.5 Å². The molecule has 1 saturated heterocycles. The topological polar surface area (TPSA) is 197 Å². The van der Waals surface area contributed by atoms with E-state index in [4.69, 9.17) is 5.73 Å². The third kappa shape index (κ3) is 8.91. The molecule has 1 aromatic carbocycles. The SMILES string of the molecule is CC(C)(C(N)=O)C(=O)NCCCNc1nc(Nc2cccc(NC(=O)CNC(=O)C3CSC(=O)C3)c2)ncc1Br. The van der Waals surface area contributed by atoms with Gasteiger partial charge < -0.3 is 32.3 Å². The van der Waals surface area contributed by atoms with Crippen LogP contribution in [0, 0.1) is 11.3 Å². The Labute approximate surface area is 243 Å². The van der Waals surface area contributed by atoms with Gasteiger partial charge in [-0.1, -0.05) is 17.8 Å². The molecular formula is C25H31BrN8O5S. The number of nitrogens with two attached hydrogens (primary N) is 1. The number of thioether (sulfide) groups is 1. The summed E-state index contributed by atoms with van der Waals surface area (Å²) in [6.45, 7) is 3.57. The molecule has 3 rings (SSSR count). The third-order valence-corrected chi connectivity index (χ3v) is 7.55. The number of carbonyl (C=O) groups excluding carboxylic acids is 5. The molecule has 0 aliphatic carbocycles. The Morgan fingerprint density at radius 2 is 1.90 bits per heavy atom. The summed E-state index contributed by atoms with van der Waals surface area (Å²) < 4.78 is 0.639. The average Bonchev–Trinajstić information content (AvgIpc) is 3.35. The normalized spacial score (nSPS) is 14.8. The molecule has 0 saturated carbocycles. The second kappa shape index (κ2) is 14.1. The van der Waals surface area contributed by atoms with Crippen LogP contribution in [0.2, 0.25) is 0 Å². The highest BCUT2D eigenvalue weighted by Gasteiger charge is 2.33. The average molecular weight is 636 g/mol. The van der Waals surface area contributed by atoms with E-state index in [9.17, 15) is 24.0 Å². The van der Waals surface area contributed by atoms with Crippen molar-refractivity contribution in [3.63, 3.8) is 0 Å². The van der Waals surface area contributed by atoms with Crippen LogP contribution in [0.4, 0.5) is 23.1 Å². The first kappa shape index (κ1) is 30.8. The lowest BCUT2D eigenvalue weighted by Gasteiger charge is -2.19. The number of benzene rings is 1. The lowest BCUT2D eigenvalue weighted by Crippen LogP contribution is -2.46. The molecule has 1 aromatic heterocycles. The molecule has 1 unspecified atom stereocenters. The second-order valence-electron chi connectivity index (χ2n) is 9.47. The lowest BCUT2D eigenvalue weighted by molar-refractivity contribution is -0.139. The summed E-state index contributed by atoms with van der Waals surface area (Å²) in [4.78, 5) is 67.9. The van der Waals surface area contributed by atoms with Crippen LogP contribution in [0.15, 0.2) is 34.9 Å². The Kier molecular flexibility index (Phi) is 10.8. The number of anilines is 4. The summed E-state index contributed by atoms with van der Waals surface area (Å²) in [6.07, 6.45) is 2.34. The lowest BCUT2D eigenvalue weighted by atomic mass is 9.91. The van der Waals surface area contributed by atoms with Crippen molar-refractivity contribution >= 4 is 79.6 Å². The fraction of sp³-hybridized carbons (Fsp3) is 0.400. The summed E-state index contributed by atoms with van der Waals surface area (Å²) in [6, 6.07) is 6.92. The van der Waals surface area contributed by atoms with Gasteiger partial charge in [-0.3, -0.25) is 24.0 Å². The first-order valence-electron chi connectivity index (χ1n) is 12.4. The molecule has 1 aliphatic rings. The largest absolute Gasteiger partial charge is 0.369 e. The van der Waals surface area contributed by atoms with Crippen LogP contribution in [0.5, 0.6) is 0 Å². The Morgan fingerprint density at radius 1 is 1.15 bits per heavy atom. The van der Waals surface area contributed by atoms with Crippen molar-refractivity contribution < 1.29 is 24.0 Å². The molecular weight excluding hydrogens is 604 g/mol. The van der Waals surface area contributed by atoms with Crippen LogP contribution in [-0.2, 0) is 24.0 Å². The van der Waals surface area contributed by atoms with E-state index in [0.29, 0.717) is 52.9 Å². The third-order valence-electron chi connectivity index (χ3n) is 5.91. The Balaban J connectivity index is 1.47. The van der Waals surface area contributed by atoms with E-state index in [1.54, 1.807) is 30.5 Å². The van der Waals surface area contributed by atoms with E-state index >= 15 is 0 Å². The van der Waals surface area contributed by atoms with Crippen molar-refractivity contribution in [2.24, 2.45) is 17.1 Å². The predicted octanol–water partition coefficient (Wildman–Crippen LogP) is 1.75. The summed E-state index contributed by atoms with van der Waals surface area (Å²) in [5, 5.41) is 14.2. The summed E-state index contributed by atoms with van der Waals surface area (Å²) in [5.41, 5.74) is 5.11. The van der Waals surface area contributed by atoms with Crippen molar-refractivity contribution in [1.29, 1.82) is 0 Å². The van der Waals surface area contributed by atoms with Gasteiger partial charge in [-0.2, -0.15) is 4.98 Å². The van der Waals surface area contributed by atoms with Crippen LogP contribution in [0.25, 0.3) is 0 Å². The minimum absolute atomic E-state index is 0.0144. The smallest absolute Gasteiger partial charge is 0.243 e. The number of rotatable bonds is 13. The van der Waals surface area contributed by atoms with E-state index in [1.165, 1.54) is 13.8 Å². The van der Waals surface area contributed by atoms with Gasteiger partial charge in [0, 0.05) is 42.8 Å². The summed E-state index contributed by atoms with van der Waals surface area (Å²) in [5.74, 6) is -0.956. The standard InChI is InChI=1S/C25H31BrN8O5S/c1-25(2,22(27)38)23(39)29-8-4-7-28-20-17(26)11-31-24(34-20)33-16-6-3-5-15(10-16)32-18(35)12-30-21(37)14-9-19(36)40-13-14/h3,5-6,10-11,14H,4,7-9,12-13H2,1-2H3,(H2,27,38)(H,29,39)(H,30,37)(H,32,35)(H2,28,31,33,34). The van der Waals surface area contributed by atoms with Gasteiger partial charge in [-0.05, 0) is 54.4 Å². The van der Waals surface area contributed by atoms with Crippen molar-refractivity contribution in [1.82, 2.24) is 20.6 Å². The number of halogens is 1. The first-order valence-corrected chi connectivity index (χ1v) is 14.2. The number of primary amides is 1. The van der Waals surface area contributed by atoms with Gasteiger partial charge in [-0.15, -0.1) is 0 Å². The van der Waals surface area contributed by atoms with E-state index in [0.717, 1.165) is 11.8 Å². The van der Waals surface area contributed by atoms with E-state index < -0.39 is 29.1 Å². The number of hydrogen-bond donors (Lipinski definition) is 6. The molecule has 2 heterocycles. The fourth-order valence-corrected chi connectivity index (χ4v) is 4.69. The van der Waals surface area contributed by atoms with Gasteiger partial charge in [0.2, 0.25) is 29.6 Å². The molecule has 214 valence electrons. The minimum Gasteiger partial charge on any atom is -0.369 e. The van der Waals surface area contributed by atoms with Gasteiger partial charge >= 0.3 is 0 Å². The Hall–Kier alpha value is -3.72. The maximum atomic E-state index is 12.3. The number of nitrogens with one attached hydrogen (secondary N) is 5. The van der Waals surface area contributed by atoms with Crippen molar-refractivity contribution in [3.8, 4) is 0 Å². The molecule has 13 nitrogen and oxygen atoms in total. The van der Waals surface area contributed by atoms with Crippen LogP contribution < -0.4 is 32.3 Å². The zero-order valence-corrected chi connectivity index (χ0v) is 24.4. The van der Waals surface area contributed by atoms with Crippen LogP contribution in [0.1, 0.15) is 26.7 Å². The van der Waals surface area contributed by atoms with E-state index in [1.807, 2.05) is 0 Å². The molecule has 1 atom stereocenters. The maximum absolute atomic E-state index is 12.3. The number of amides is 4. The zero-order chi connectivity index (χ0) is 29.3. The molecule has 0 radical (unpaired) electrons. The van der Waals surface area contributed by atoms with Crippen molar-refractivity contribution in [2.75, 3.05) is 41.3 Å². The number of carbonyl (C=O) groups is 5. The van der Waals surface area contributed by atoms with Crippen molar-refractivity contribution in [2.45, 2.75) is 26.7 Å². The minimum atomic E-state index is -1.28. The van der Waals surface area contributed by atoms with Crippen LogP contribution in [-0.4, -0.2) is 64.1 Å². The zero-order valence-electron chi connectivity index (χ0n) is 22.0. The highest BCUT2D eigenvalue weighted by Crippen LogP contribution is 2.25. The molecule has 1 aliphatic heterocycles. The molecule has 40 heavy (non-hydrogen) atoms. The van der Waals surface area contributed by atoms with Crippen LogP contribution in [0.3, 0.4) is 0 Å². The Bertz CT molecular complexity index is 1290.